The molecule has 0 spiro atoms. The van der Waals surface area contributed by atoms with E-state index in [9.17, 15) is 4.39 Å². The molecule has 0 saturated heterocycles. The minimum atomic E-state index is -0.324. The molecule has 0 saturated carbocycles. The predicted octanol–water partition coefficient (Wildman–Crippen LogP) is 1.51. The maximum absolute atomic E-state index is 12.9. The first kappa shape index (κ1) is 12.0. The smallest absolute Gasteiger partial charge is 0.0390 e. The van der Waals surface area contributed by atoms with Crippen molar-refractivity contribution in [1.82, 2.24) is 10.4 Å². The molecule has 0 fully saturated rings. The van der Waals surface area contributed by atoms with E-state index in [2.05, 4.69) is 18.2 Å². The molecule has 63 valence electrons. The molecule has 0 unspecified atom stereocenters. The molecule has 0 amide bonds. The fraction of sp³-hybridized carbons (Fsp3) is 0.250. The molecule has 4 heteroatoms. The minimum absolute atomic E-state index is 0. The molecular weight excluding hydrogens is 232 g/mol. The van der Waals surface area contributed by atoms with E-state index in [1.54, 1.807) is 14.0 Å². The first-order valence-electron chi connectivity index (χ1n) is 3.29. The Bertz CT molecular complexity index is 245. The molecule has 0 aliphatic carbocycles. The van der Waals surface area contributed by atoms with E-state index < -0.39 is 0 Å². The third-order valence-corrected chi connectivity index (χ3v) is 1.40. The van der Waals surface area contributed by atoms with E-state index in [-0.39, 0.29) is 44.2 Å². The molecule has 1 heterocycles. The second kappa shape index (κ2) is 4.90. The van der Waals surface area contributed by atoms with Crippen LogP contribution in [0, 0.1) is 6.20 Å². The zero-order valence-electron chi connectivity index (χ0n) is 7.19. The predicted molar refractivity (Wildman–Crippen MR) is 41.7 cm³/mol. The molecule has 0 atom stereocenters. The Labute approximate surface area is 97.0 Å². The van der Waals surface area contributed by atoms with E-state index in [0.717, 1.165) is 5.57 Å². The average Bonchev–Trinajstić information content (AvgIpc) is 1.96. The van der Waals surface area contributed by atoms with E-state index >= 15 is 0 Å². The number of nitrogens with one attached hydrogen (secondary N) is 1. The summed E-state index contributed by atoms with van der Waals surface area (Å²) in [5.41, 5.74) is 3.77. The summed E-state index contributed by atoms with van der Waals surface area (Å²) in [5, 5.41) is 1.42. The normalized spacial score (nSPS) is 16.6. The second-order valence-electron chi connectivity index (χ2n) is 2.29. The van der Waals surface area contributed by atoms with Crippen molar-refractivity contribution >= 4 is 0 Å². The summed E-state index contributed by atoms with van der Waals surface area (Å²) in [7, 11) is 1.68. The van der Waals surface area contributed by atoms with Gasteiger partial charge in [0.2, 0.25) is 0 Å². The van der Waals surface area contributed by atoms with E-state index in [1.165, 1.54) is 11.1 Å². The summed E-state index contributed by atoms with van der Waals surface area (Å²) < 4.78 is 12.9. The van der Waals surface area contributed by atoms with Crippen molar-refractivity contribution in [1.29, 1.82) is 0 Å². The van der Waals surface area contributed by atoms with Gasteiger partial charge in [-0.3, -0.25) is 5.43 Å². The van der Waals surface area contributed by atoms with Crippen molar-refractivity contribution < 1.29 is 37.1 Å². The van der Waals surface area contributed by atoms with Gasteiger partial charge in [-0.2, -0.15) is 0 Å². The van der Waals surface area contributed by atoms with Crippen LogP contribution in [-0.4, -0.2) is 12.1 Å². The fourth-order valence-corrected chi connectivity index (χ4v) is 0.847. The van der Waals surface area contributed by atoms with Gasteiger partial charge >= 0.3 is 0 Å². The van der Waals surface area contributed by atoms with Crippen molar-refractivity contribution in [2.45, 2.75) is 6.92 Å². The summed E-state index contributed by atoms with van der Waals surface area (Å²) in [6.45, 7) is 5.30. The number of hydrazine groups is 1. The molecule has 2 nitrogen and oxygen atoms in total. The Morgan fingerprint density at radius 2 is 2.25 bits per heavy atom. The van der Waals surface area contributed by atoms with Gasteiger partial charge < -0.3 is 5.01 Å². The number of hydrogen-bond acceptors (Lipinski definition) is 2. The van der Waals surface area contributed by atoms with Crippen molar-refractivity contribution in [2.24, 2.45) is 0 Å². The topological polar surface area (TPSA) is 15.3 Å². The van der Waals surface area contributed by atoms with Crippen molar-refractivity contribution in [3.63, 3.8) is 0 Å². The zero-order chi connectivity index (χ0) is 8.43. The van der Waals surface area contributed by atoms with Crippen molar-refractivity contribution in [3.8, 4) is 0 Å². The van der Waals surface area contributed by atoms with Crippen LogP contribution in [-0.2, 0) is 32.7 Å². The standard InChI is InChI=1S/C8H10FN2.Y/c1-6-4-8(9)7(2)11(5-6)10-3;/h4,10H,2H2,1,3H3;/q-1;. The average molecular weight is 242 g/mol. The molecule has 0 aromatic rings. The summed E-state index contributed by atoms with van der Waals surface area (Å²) in [4.78, 5) is 0. The summed E-state index contributed by atoms with van der Waals surface area (Å²) in [5.74, 6) is -0.324. The van der Waals surface area contributed by atoms with Crippen molar-refractivity contribution in [2.75, 3.05) is 7.05 Å². The summed E-state index contributed by atoms with van der Waals surface area (Å²) >= 11 is 0. The van der Waals surface area contributed by atoms with Gasteiger partial charge in [-0.25, -0.2) is 4.39 Å². The zero-order valence-corrected chi connectivity index (χ0v) is 10.0. The third kappa shape index (κ3) is 2.51. The maximum Gasteiger partial charge on any atom is 0.0390 e. The van der Waals surface area contributed by atoms with Gasteiger partial charge in [0, 0.05) is 45.6 Å². The number of hydrogen-bond donors (Lipinski definition) is 1. The van der Waals surface area contributed by atoms with Crippen LogP contribution >= 0.6 is 0 Å². The Balaban J connectivity index is 0.00000121. The van der Waals surface area contributed by atoms with Crippen LogP contribution in [0.1, 0.15) is 6.92 Å². The van der Waals surface area contributed by atoms with E-state index in [0.29, 0.717) is 0 Å². The van der Waals surface area contributed by atoms with Crippen molar-refractivity contribution in [3.05, 3.63) is 36.0 Å². The van der Waals surface area contributed by atoms with Crippen LogP contribution in [0.2, 0.25) is 0 Å². The Kier molecular flexibility index (Phi) is 4.91. The van der Waals surface area contributed by atoms with Gasteiger partial charge in [-0.05, 0) is 5.70 Å². The van der Waals surface area contributed by atoms with Crippen LogP contribution < -0.4 is 5.43 Å². The van der Waals surface area contributed by atoms with Gasteiger partial charge in [0.15, 0.2) is 0 Å². The van der Waals surface area contributed by atoms with Crippen LogP contribution in [0.15, 0.2) is 29.8 Å². The summed E-state index contributed by atoms with van der Waals surface area (Å²) in [6, 6.07) is 0. The Morgan fingerprint density at radius 1 is 1.67 bits per heavy atom. The quantitative estimate of drug-likeness (QED) is 0.701. The van der Waals surface area contributed by atoms with Crippen LogP contribution in [0.5, 0.6) is 0 Å². The molecule has 12 heavy (non-hydrogen) atoms. The first-order chi connectivity index (χ1) is 5.15. The van der Waals surface area contributed by atoms with Crippen LogP contribution in [0.25, 0.3) is 0 Å². The van der Waals surface area contributed by atoms with Gasteiger partial charge in [0.05, 0.1) is 0 Å². The number of halogens is 1. The molecular formula is C8H10FN2Y-. The number of allylic oxidation sites excluding steroid dienone is 3. The molecule has 1 aliphatic heterocycles. The Hall–Kier alpha value is 0.0139. The number of rotatable bonds is 1. The molecule has 1 N–H and O–H groups in total. The van der Waals surface area contributed by atoms with Gasteiger partial charge in [0.1, 0.15) is 0 Å². The van der Waals surface area contributed by atoms with E-state index in [1.807, 2.05) is 0 Å². The molecule has 0 aromatic carbocycles. The maximum atomic E-state index is 12.9. The molecule has 1 rings (SSSR count). The largest absolute Gasteiger partial charge is 0.390 e. The fourth-order valence-electron chi connectivity index (χ4n) is 0.847. The van der Waals surface area contributed by atoms with Crippen LogP contribution in [0.3, 0.4) is 0 Å². The SMILES string of the molecule is C=C1C(F)=CC(C)=[C-]N1NC.[Y]. The Morgan fingerprint density at radius 3 is 2.75 bits per heavy atom. The van der Waals surface area contributed by atoms with Gasteiger partial charge in [0.25, 0.3) is 0 Å². The van der Waals surface area contributed by atoms with Gasteiger partial charge in [-0.1, -0.05) is 13.1 Å². The summed E-state index contributed by atoms with van der Waals surface area (Å²) in [6.07, 6.45) is 4.27. The van der Waals surface area contributed by atoms with Gasteiger partial charge in [-0.15, -0.1) is 18.2 Å². The van der Waals surface area contributed by atoms with Crippen LogP contribution in [0.4, 0.5) is 4.39 Å². The molecule has 0 bridgehead atoms. The minimum Gasteiger partial charge on any atom is -0.390 e. The third-order valence-electron chi connectivity index (χ3n) is 1.40. The first-order valence-corrected chi connectivity index (χ1v) is 3.29. The monoisotopic (exact) mass is 242 g/mol. The number of nitrogens with zero attached hydrogens (tertiary/aromatic N) is 1. The molecule has 1 aliphatic rings. The van der Waals surface area contributed by atoms with E-state index in [4.69, 9.17) is 0 Å². The molecule has 1 radical (unpaired) electrons. The molecule has 0 aromatic heterocycles. The second-order valence-corrected chi connectivity index (χ2v) is 2.29.